The summed E-state index contributed by atoms with van der Waals surface area (Å²) in [6.07, 6.45) is 0.576. The third-order valence-corrected chi connectivity index (χ3v) is 2.03. The van der Waals surface area contributed by atoms with Crippen molar-refractivity contribution in [2.24, 2.45) is 5.73 Å². The van der Waals surface area contributed by atoms with Gasteiger partial charge in [0.25, 0.3) is 5.69 Å². The number of nitro groups is 1. The van der Waals surface area contributed by atoms with E-state index in [9.17, 15) is 14.5 Å². The number of halogens is 2. The lowest BCUT2D eigenvalue weighted by atomic mass is 10.0. The van der Waals surface area contributed by atoms with Gasteiger partial charge >= 0.3 is 0 Å². The summed E-state index contributed by atoms with van der Waals surface area (Å²) in [6.45, 7) is 1.82. The molecule has 84 valence electrons. The zero-order chi connectivity index (χ0) is 10.7. The van der Waals surface area contributed by atoms with E-state index in [2.05, 4.69) is 0 Å². The molecule has 0 amide bonds. The summed E-state index contributed by atoms with van der Waals surface area (Å²) < 4.78 is 12.7. The maximum Gasteiger partial charge on any atom is 0.277 e. The first-order chi connectivity index (χ1) is 6.56. The van der Waals surface area contributed by atoms with Crippen molar-refractivity contribution in [3.63, 3.8) is 0 Å². The van der Waals surface area contributed by atoms with Gasteiger partial charge in [0.15, 0.2) is 0 Å². The van der Waals surface area contributed by atoms with Crippen LogP contribution in [0.3, 0.4) is 0 Å². The first-order valence-electron chi connectivity index (χ1n) is 4.25. The molecule has 2 N–H and O–H groups in total. The minimum Gasteiger partial charge on any atom is -0.324 e. The average Bonchev–Trinajstić information content (AvgIpc) is 2.16. The molecule has 1 aromatic rings. The SMILES string of the molecule is CC[C@H](N)c1ccc(F)cc1[N+](=O)[O-].Cl. The molecule has 0 radical (unpaired) electrons. The standard InChI is InChI=1S/C9H11FN2O2.ClH/c1-2-8(11)7-4-3-6(10)5-9(7)12(13)14;/h3-5,8H,2,11H2,1H3;1H/t8-;/m0./s1. The molecular weight excluding hydrogens is 223 g/mol. The van der Waals surface area contributed by atoms with Crippen molar-refractivity contribution in [2.45, 2.75) is 19.4 Å². The number of benzene rings is 1. The van der Waals surface area contributed by atoms with Crippen LogP contribution in [0.15, 0.2) is 18.2 Å². The van der Waals surface area contributed by atoms with E-state index in [-0.39, 0.29) is 18.1 Å². The largest absolute Gasteiger partial charge is 0.324 e. The third-order valence-electron chi connectivity index (χ3n) is 2.03. The summed E-state index contributed by atoms with van der Waals surface area (Å²) in [4.78, 5) is 9.96. The maximum absolute atomic E-state index is 12.7. The molecule has 0 aliphatic carbocycles. The zero-order valence-electron chi connectivity index (χ0n) is 8.14. The highest BCUT2D eigenvalue weighted by atomic mass is 35.5. The molecule has 0 heterocycles. The van der Waals surface area contributed by atoms with Gasteiger partial charge in [-0.05, 0) is 18.6 Å². The normalized spacial score (nSPS) is 11.7. The molecular formula is C9H12ClFN2O2. The quantitative estimate of drug-likeness (QED) is 0.646. The summed E-state index contributed by atoms with van der Waals surface area (Å²) in [6, 6.07) is 3.01. The fraction of sp³-hybridized carbons (Fsp3) is 0.333. The van der Waals surface area contributed by atoms with Crippen LogP contribution < -0.4 is 5.73 Å². The number of nitrogens with zero attached hydrogens (tertiary/aromatic N) is 1. The van der Waals surface area contributed by atoms with E-state index in [1.54, 1.807) is 0 Å². The molecule has 0 aliphatic rings. The second-order valence-electron chi connectivity index (χ2n) is 2.97. The molecule has 0 aliphatic heterocycles. The summed E-state index contributed by atoms with van der Waals surface area (Å²) >= 11 is 0. The van der Waals surface area contributed by atoms with Gasteiger partial charge in [-0.3, -0.25) is 10.1 Å². The minimum absolute atomic E-state index is 0. The number of nitrogens with two attached hydrogens (primary N) is 1. The van der Waals surface area contributed by atoms with E-state index in [1.165, 1.54) is 12.1 Å². The highest BCUT2D eigenvalue weighted by Crippen LogP contribution is 2.26. The van der Waals surface area contributed by atoms with Gasteiger partial charge in [0.1, 0.15) is 5.82 Å². The molecule has 1 rings (SSSR count). The second-order valence-corrected chi connectivity index (χ2v) is 2.97. The number of hydrogen-bond acceptors (Lipinski definition) is 3. The van der Waals surface area contributed by atoms with Gasteiger partial charge in [-0.2, -0.15) is 0 Å². The van der Waals surface area contributed by atoms with Crippen LogP contribution in [0.1, 0.15) is 24.9 Å². The van der Waals surface area contributed by atoms with E-state index >= 15 is 0 Å². The van der Waals surface area contributed by atoms with Crippen LogP contribution in [0.4, 0.5) is 10.1 Å². The number of nitro benzene ring substituents is 1. The average molecular weight is 235 g/mol. The third kappa shape index (κ3) is 3.14. The summed E-state index contributed by atoms with van der Waals surface area (Å²) in [5.41, 5.74) is 5.78. The van der Waals surface area contributed by atoms with Crippen molar-refractivity contribution < 1.29 is 9.31 Å². The topological polar surface area (TPSA) is 69.2 Å². The summed E-state index contributed by atoms with van der Waals surface area (Å²) in [7, 11) is 0. The molecule has 6 heteroatoms. The molecule has 0 aromatic heterocycles. The van der Waals surface area contributed by atoms with Crippen molar-refractivity contribution in [1.82, 2.24) is 0 Å². The number of rotatable bonds is 3. The second kappa shape index (κ2) is 5.63. The molecule has 1 aromatic carbocycles. The highest BCUT2D eigenvalue weighted by molar-refractivity contribution is 5.85. The smallest absolute Gasteiger partial charge is 0.277 e. The molecule has 0 unspecified atom stereocenters. The van der Waals surface area contributed by atoms with Crippen LogP contribution in [0, 0.1) is 15.9 Å². The van der Waals surface area contributed by atoms with Crippen molar-refractivity contribution in [3.05, 3.63) is 39.7 Å². The van der Waals surface area contributed by atoms with E-state index in [0.29, 0.717) is 12.0 Å². The Balaban J connectivity index is 0.00000196. The van der Waals surface area contributed by atoms with Gasteiger partial charge in [-0.15, -0.1) is 12.4 Å². The van der Waals surface area contributed by atoms with Crippen molar-refractivity contribution in [2.75, 3.05) is 0 Å². The van der Waals surface area contributed by atoms with Gasteiger partial charge in [-0.25, -0.2) is 4.39 Å². The molecule has 0 bridgehead atoms. The predicted molar refractivity (Wildman–Crippen MR) is 57.5 cm³/mol. The maximum atomic E-state index is 12.7. The Morgan fingerprint density at radius 3 is 2.67 bits per heavy atom. The molecule has 4 nitrogen and oxygen atoms in total. The van der Waals surface area contributed by atoms with Gasteiger partial charge in [0, 0.05) is 11.6 Å². The number of hydrogen-bond donors (Lipinski definition) is 1. The lowest BCUT2D eigenvalue weighted by Crippen LogP contribution is -2.11. The first kappa shape index (κ1) is 13.8. The lowest BCUT2D eigenvalue weighted by Gasteiger charge is -2.08. The van der Waals surface area contributed by atoms with Crippen LogP contribution in [-0.4, -0.2) is 4.92 Å². The van der Waals surface area contributed by atoms with E-state index < -0.39 is 16.8 Å². The Kier molecular flexibility index (Phi) is 5.18. The molecule has 1 atom stereocenters. The summed E-state index contributed by atoms with van der Waals surface area (Å²) in [5, 5.41) is 10.6. The Morgan fingerprint density at radius 1 is 1.60 bits per heavy atom. The highest BCUT2D eigenvalue weighted by Gasteiger charge is 2.18. The fourth-order valence-corrected chi connectivity index (χ4v) is 1.21. The van der Waals surface area contributed by atoms with Crippen LogP contribution >= 0.6 is 12.4 Å². The monoisotopic (exact) mass is 234 g/mol. The molecule has 15 heavy (non-hydrogen) atoms. The van der Waals surface area contributed by atoms with E-state index in [4.69, 9.17) is 5.73 Å². The van der Waals surface area contributed by atoms with Crippen LogP contribution in [0.25, 0.3) is 0 Å². The first-order valence-corrected chi connectivity index (χ1v) is 4.25. The van der Waals surface area contributed by atoms with Crippen LogP contribution in [0.5, 0.6) is 0 Å². The Labute approximate surface area is 92.8 Å². The van der Waals surface area contributed by atoms with E-state index in [1.807, 2.05) is 6.92 Å². The van der Waals surface area contributed by atoms with Crippen LogP contribution in [0.2, 0.25) is 0 Å². The van der Waals surface area contributed by atoms with Gasteiger partial charge in [0.2, 0.25) is 0 Å². The molecule has 0 fully saturated rings. The molecule has 0 saturated heterocycles. The van der Waals surface area contributed by atoms with Gasteiger partial charge in [0.05, 0.1) is 11.0 Å². The van der Waals surface area contributed by atoms with Crippen molar-refractivity contribution in [3.8, 4) is 0 Å². The Hall–Kier alpha value is -1.20. The molecule has 0 saturated carbocycles. The van der Waals surface area contributed by atoms with E-state index in [0.717, 1.165) is 6.07 Å². The van der Waals surface area contributed by atoms with Crippen molar-refractivity contribution in [1.29, 1.82) is 0 Å². The minimum atomic E-state index is -0.622. The van der Waals surface area contributed by atoms with Gasteiger partial charge < -0.3 is 5.73 Å². The lowest BCUT2D eigenvalue weighted by molar-refractivity contribution is -0.385. The van der Waals surface area contributed by atoms with Crippen LogP contribution in [-0.2, 0) is 0 Å². The van der Waals surface area contributed by atoms with Crippen molar-refractivity contribution >= 4 is 18.1 Å². The van der Waals surface area contributed by atoms with Gasteiger partial charge in [-0.1, -0.05) is 6.92 Å². The zero-order valence-corrected chi connectivity index (χ0v) is 8.96. The summed E-state index contributed by atoms with van der Waals surface area (Å²) in [5.74, 6) is -0.622. The molecule has 0 spiro atoms. The predicted octanol–water partition coefficient (Wildman–Crippen LogP) is 2.57. The Bertz CT molecular complexity index is 360. The Morgan fingerprint density at radius 2 is 2.20 bits per heavy atom. The fourth-order valence-electron chi connectivity index (χ4n) is 1.21.